The molecule has 0 saturated carbocycles. The van der Waals surface area contributed by atoms with Crippen molar-refractivity contribution >= 4 is 5.78 Å². The molecule has 0 aromatic heterocycles. The third-order valence-electron chi connectivity index (χ3n) is 1.72. The fourth-order valence-electron chi connectivity index (χ4n) is 0.928. The van der Waals surface area contributed by atoms with Crippen molar-refractivity contribution in [3.8, 4) is 5.75 Å². The Morgan fingerprint density at radius 1 is 1.33 bits per heavy atom. The largest absolute Gasteiger partial charge is 0.493 e. The van der Waals surface area contributed by atoms with Gasteiger partial charge in [-0.2, -0.15) is 0 Å². The van der Waals surface area contributed by atoms with Gasteiger partial charge in [0.15, 0.2) is 17.4 Å². The van der Waals surface area contributed by atoms with Gasteiger partial charge in [0.25, 0.3) is 0 Å². The van der Waals surface area contributed by atoms with Crippen LogP contribution in [0.25, 0.3) is 0 Å². The molecule has 0 radical (unpaired) electrons. The van der Waals surface area contributed by atoms with E-state index in [2.05, 4.69) is 0 Å². The van der Waals surface area contributed by atoms with E-state index < -0.39 is 18.2 Å². The van der Waals surface area contributed by atoms with Crippen LogP contribution in [0.15, 0.2) is 18.2 Å². The highest BCUT2D eigenvalue weighted by atomic mass is 19.2. The summed E-state index contributed by atoms with van der Waals surface area (Å²) in [7, 11) is 0. The maximum absolute atomic E-state index is 12.7. The van der Waals surface area contributed by atoms with Gasteiger partial charge in [0, 0.05) is 12.5 Å². The van der Waals surface area contributed by atoms with Crippen molar-refractivity contribution in [2.75, 3.05) is 13.2 Å². The molecule has 1 rings (SSSR count). The van der Waals surface area contributed by atoms with Gasteiger partial charge in [-0.1, -0.05) is 0 Å². The minimum absolute atomic E-state index is 0.0322. The first kappa shape index (κ1) is 11.6. The normalized spacial score (nSPS) is 10.1. The first-order chi connectivity index (χ1) is 7.13. The molecule has 0 amide bonds. The van der Waals surface area contributed by atoms with Crippen LogP contribution in [0.4, 0.5) is 8.78 Å². The molecule has 82 valence electrons. The van der Waals surface area contributed by atoms with Gasteiger partial charge >= 0.3 is 0 Å². The Kier molecular flexibility index (Phi) is 4.17. The van der Waals surface area contributed by atoms with E-state index in [1.54, 1.807) is 0 Å². The molecule has 3 nitrogen and oxygen atoms in total. The second-order valence-electron chi connectivity index (χ2n) is 2.87. The van der Waals surface area contributed by atoms with E-state index in [0.717, 1.165) is 12.1 Å². The molecule has 15 heavy (non-hydrogen) atoms. The summed E-state index contributed by atoms with van der Waals surface area (Å²) in [6.07, 6.45) is 0.0372. The van der Waals surface area contributed by atoms with Gasteiger partial charge in [-0.25, -0.2) is 8.78 Å². The summed E-state index contributed by atoms with van der Waals surface area (Å²) in [5.74, 6) is -2.16. The highest BCUT2D eigenvalue weighted by molar-refractivity contribution is 5.79. The zero-order valence-corrected chi connectivity index (χ0v) is 7.87. The fraction of sp³-hybridized carbons (Fsp3) is 0.300. The van der Waals surface area contributed by atoms with Crippen LogP contribution in [0.3, 0.4) is 0 Å². The van der Waals surface area contributed by atoms with Crippen molar-refractivity contribution in [3.63, 3.8) is 0 Å². The van der Waals surface area contributed by atoms with E-state index in [1.165, 1.54) is 6.07 Å². The number of aliphatic hydroxyl groups is 1. The van der Waals surface area contributed by atoms with Gasteiger partial charge in [0.05, 0.1) is 6.61 Å². The van der Waals surface area contributed by atoms with Crippen molar-refractivity contribution < 1.29 is 23.4 Å². The lowest BCUT2D eigenvalue weighted by atomic mass is 10.3. The molecule has 1 aromatic rings. The first-order valence-electron chi connectivity index (χ1n) is 4.34. The topological polar surface area (TPSA) is 46.5 Å². The molecule has 0 spiro atoms. The molecule has 0 heterocycles. The Balaban J connectivity index is 2.44. The highest BCUT2D eigenvalue weighted by Gasteiger charge is 2.04. The lowest BCUT2D eigenvalue weighted by Crippen LogP contribution is -2.09. The molecule has 0 aliphatic carbocycles. The summed E-state index contributed by atoms with van der Waals surface area (Å²) in [4.78, 5) is 10.7. The average molecular weight is 216 g/mol. The first-order valence-corrected chi connectivity index (χ1v) is 4.34. The summed E-state index contributed by atoms with van der Waals surface area (Å²) in [6.45, 7) is -0.508. The number of halogens is 2. The number of carbonyl (C=O) groups excluding carboxylic acids is 1. The molecule has 0 unspecified atom stereocenters. The predicted octanol–water partition coefficient (Wildman–Crippen LogP) is 1.30. The zero-order valence-electron chi connectivity index (χ0n) is 7.87. The number of hydrogen-bond donors (Lipinski definition) is 1. The lowest BCUT2D eigenvalue weighted by molar-refractivity contribution is -0.122. The quantitative estimate of drug-likeness (QED) is 0.806. The summed E-state index contributed by atoms with van der Waals surface area (Å²) in [5.41, 5.74) is 0. The molecule has 0 fully saturated rings. The lowest BCUT2D eigenvalue weighted by Gasteiger charge is -2.04. The Labute approximate surface area is 85.3 Å². The summed E-state index contributed by atoms with van der Waals surface area (Å²) in [6, 6.07) is 3.11. The molecular formula is C10H10F2O3. The van der Waals surface area contributed by atoms with E-state index in [4.69, 9.17) is 9.84 Å². The standard InChI is InChI=1S/C10H10F2O3/c11-9-2-1-8(5-10(9)12)15-4-3-7(14)6-13/h1-2,5,13H,3-4,6H2. The van der Waals surface area contributed by atoms with Gasteiger partial charge in [-0.3, -0.25) is 4.79 Å². The molecule has 5 heteroatoms. The minimum atomic E-state index is -0.999. The molecule has 0 bridgehead atoms. The van der Waals surface area contributed by atoms with E-state index in [0.29, 0.717) is 0 Å². The number of carbonyl (C=O) groups is 1. The van der Waals surface area contributed by atoms with E-state index >= 15 is 0 Å². The Morgan fingerprint density at radius 2 is 2.07 bits per heavy atom. The number of ether oxygens (including phenoxy) is 1. The summed E-state index contributed by atoms with van der Waals surface area (Å²) in [5, 5.41) is 8.40. The molecule has 1 N–H and O–H groups in total. The number of benzene rings is 1. The van der Waals surface area contributed by atoms with Crippen molar-refractivity contribution in [3.05, 3.63) is 29.8 Å². The molecule has 1 aromatic carbocycles. The second kappa shape index (κ2) is 5.41. The van der Waals surface area contributed by atoms with Crippen LogP contribution in [0, 0.1) is 11.6 Å². The van der Waals surface area contributed by atoms with Gasteiger partial charge < -0.3 is 9.84 Å². The van der Waals surface area contributed by atoms with Gasteiger partial charge in [0.1, 0.15) is 12.4 Å². The van der Waals surface area contributed by atoms with Crippen molar-refractivity contribution in [2.45, 2.75) is 6.42 Å². The van der Waals surface area contributed by atoms with Gasteiger partial charge in [-0.05, 0) is 12.1 Å². The maximum Gasteiger partial charge on any atom is 0.162 e. The molecule has 0 aliphatic rings. The number of rotatable bonds is 5. The summed E-state index contributed by atoms with van der Waals surface area (Å²) < 4.78 is 30.1. The van der Waals surface area contributed by atoms with Crippen LogP contribution in [0.1, 0.15) is 6.42 Å². The highest BCUT2D eigenvalue weighted by Crippen LogP contribution is 2.15. The molecule has 0 atom stereocenters. The van der Waals surface area contributed by atoms with Crippen molar-refractivity contribution in [2.24, 2.45) is 0 Å². The third kappa shape index (κ3) is 3.63. The van der Waals surface area contributed by atoms with Crippen LogP contribution >= 0.6 is 0 Å². The van der Waals surface area contributed by atoms with Crippen molar-refractivity contribution in [1.29, 1.82) is 0 Å². The smallest absolute Gasteiger partial charge is 0.162 e. The fourth-order valence-corrected chi connectivity index (χ4v) is 0.928. The van der Waals surface area contributed by atoms with Gasteiger partial charge in [-0.15, -0.1) is 0 Å². The van der Waals surface area contributed by atoms with Crippen LogP contribution in [0.5, 0.6) is 5.75 Å². The zero-order chi connectivity index (χ0) is 11.3. The number of Topliss-reactive ketones (excluding diaryl/α,β-unsaturated/α-hetero) is 1. The van der Waals surface area contributed by atoms with Crippen LogP contribution < -0.4 is 4.74 Å². The number of aliphatic hydroxyl groups excluding tert-OH is 1. The van der Waals surface area contributed by atoms with Gasteiger partial charge in [0.2, 0.25) is 0 Å². The van der Waals surface area contributed by atoms with E-state index in [9.17, 15) is 13.6 Å². The average Bonchev–Trinajstić information content (AvgIpc) is 2.23. The summed E-state index contributed by atoms with van der Waals surface area (Å²) >= 11 is 0. The van der Waals surface area contributed by atoms with Crippen LogP contribution in [0.2, 0.25) is 0 Å². The molecule has 0 saturated heterocycles. The monoisotopic (exact) mass is 216 g/mol. The molecular weight excluding hydrogens is 206 g/mol. The second-order valence-corrected chi connectivity index (χ2v) is 2.87. The van der Waals surface area contributed by atoms with E-state index in [-0.39, 0.29) is 24.6 Å². The van der Waals surface area contributed by atoms with Crippen molar-refractivity contribution in [1.82, 2.24) is 0 Å². The van der Waals surface area contributed by atoms with Crippen LogP contribution in [-0.4, -0.2) is 24.1 Å². The Hall–Kier alpha value is -1.49. The maximum atomic E-state index is 12.7. The predicted molar refractivity (Wildman–Crippen MR) is 48.6 cm³/mol. The van der Waals surface area contributed by atoms with Crippen LogP contribution in [-0.2, 0) is 4.79 Å². The number of ketones is 1. The third-order valence-corrected chi connectivity index (χ3v) is 1.72. The Morgan fingerprint density at radius 3 is 2.67 bits per heavy atom. The Bertz CT molecular complexity index is 353. The minimum Gasteiger partial charge on any atom is -0.493 e. The van der Waals surface area contributed by atoms with E-state index in [1.807, 2.05) is 0 Å². The number of hydrogen-bond acceptors (Lipinski definition) is 3. The SMILES string of the molecule is O=C(CO)CCOc1ccc(F)c(F)c1. The molecule has 0 aliphatic heterocycles.